The van der Waals surface area contributed by atoms with Crippen molar-refractivity contribution in [2.45, 2.75) is 25.3 Å². The summed E-state index contributed by atoms with van der Waals surface area (Å²) in [6.45, 7) is 0. The third-order valence-corrected chi connectivity index (χ3v) is 5.04. The summed E-state index contributed by atoms with van der Waals surface area (Å²) in [5, 5.41) is 0. The van der Waals surface area contributed by atoms with Crippen LogP contribution in [0.3, 0.4) is 0 Å². The first-order valence-corrected chi connectivity index (χ1v) is 8.69. The molecule has 25 heavy (non-hydrogen) atoms. The van der Waals surface area contributed by atoms with E-state index < -0.39 is 0 Å². The van der Waals surface area contributed by atoms with Gasteiger partial charge in [0.1, 0.15) is 5.82 Å². The Balaban J connectivity index is 1.69. The number of carbonyl (C=O) groups is 1. The number of hydrogen-bond donors (Lipinski definition) is 1. The second-order valence-corrected chi connectivity index (χ2v) is 6.51. The maximum Gasteiger partial charge on any atom is 0.254 e. The van der Waals surface area contributed by atoms with Gasteiger partial charge in [-0.1, -0.05) is 42.5 Å². The fourth-order valence-corrected chi connectivity index (χ4v) is 3.75. The van der Waals surface area contributed by atoms with Crippen molar-refractivity contribution in [1.29, 1.82) is 0 Å². The molecule has 126 valence electrons. The zero-order valence-corrected chi connectivity index (χ0v) is 14.3. The van der Waals surface area contributed by atoms with Crippen LogP contribution >= 0.6 is 0 Å². The van der Waals surface area contributed by atoms with Crippen LogP contribution in [-0.4, -0.2) is 27.8 Å². The number of aryl methyl sites for hydroxylation is 1. The molecule has 4 heteroatoms. The molecule has 1 aliphatic rings. The summed E-state index contributed by atoms with van der Waals surface area (Å²) in [5.41, 5.74) is 4.16. The van der Waals surface area contributed by atoms with Gasteiger partial charge in [-0.3, -0.25) is 4.79 Å². The predicted octanol–water partition coefficient (Wildman–Crippen LogP) is 4.23. The lowest BCUT2D eigenvalue weighted by Gasteiger charge is -2.33. The van der Waals surface area contributed by atoms with Gasteiger partial charge in [-0.05, 0) is 36.5 Å². The molecule has 0 spiro atoms. The highest BCUT2D eigenvalue weighted by atomic mass is 16.2. The number of H-pyrrole nitrogens is 1. The van der Waals surface area contributed by atoms with Crippen LogP contribution in [0, 0.1) is 0 Å². The van der Waals surface area contributed by atoms with E-state index in [4.69, 9.17) is 0 Å². The Morgan fingerprint density at radius 1 is 1.16 bits per heavy atom. The molecule has 0 radical (unpaired) electrons. The minimum absolute atomic E-state index is 0.0358. The fourth-order valence-electron chi connectivity index (χ4n) is 3.75. The molecule has 1 unspecified atom stereocenters. The molecule has 3 aromatic rings. The summed E-state index contributed by atoms with van der Waals surface area (Å²) in [6.07, 6.45) is 6.69. The van der Waals surface area contributed by atoms with Gasteiger partial charge in [-0.15, -0.1) is 0 Å². The lowest BCUT2D eigenvalue weighted by atomic mass is 9.86. The number of nitrogens with zero attached hydrogens (tertiary/aromatic N) is 2. The van der Waals surface area contributed by atoms with Crippen LogP contribution in [-0.2, 0) is 6.42 Å². The minimum atomic E-state index is 0.0358. The van der Waals surface area contributed by atoms with Crippen LogP contribution in [0.25, 0.3) is 11.4 Å². The molecule has 4 rings (SSSR count). The van der Waals surface area contributed by atoms with Gasteiger partial charge in [-0.2, -0.15) is 0 Å². The Morgan fingerprint density at radius 3 is 2.80 bits per heavy atom. The summed E-state index contributed by atoms with van der Waals surface area (Å²) >= 11 is 0. The van der Waals surface area contributed by atoms with Crippen LogP contribution < -0.4 is 0 Å². The number of hydrogen-bond acceptors (Lipinski definition) is 2. The van der Waals surface area contributed by atoms with E-state index in [2.05, 4.69) is 34.2 Å². The SMILES string of the molecule is CN(C(=O)c1ccccc1-c1ncc[nH]1)C1CCCc2ccccc21. The zero-order valence-electron chi connectivity index (χ0n) is 14.3. The van der Waals surface area contributed by atoms with Crippen molar-refractivity contribution in [3.8, 4) is 11.4 Å². The fraction of sp³-hybridized carbons (Fsp3) is 0.238. The quantitative estimate of drug-likeness (QED) is 0.781. The van der Waals surface area contributed by atoms with Gasteiger partial charge < -0.3 is 9.88 Å². The first-order valence-electron chi connectivity index (χ1n) is 8.69. The van der Waals surface area contributed by atoms with E-state index in [1.807, 2.05) is 36.2 Å². The standard InChI is InChI=1S/C21H21N3O/c1-24(19-12-6-8-15-7-2-3-9-16(15)19)21(25)18-11-5-4-10-17(18)20-22-13-14-23-20/h2-5,7,9-11,13-14,19H,6,8,12H2,1H3,(H,22,23). The van der Waals surface area contributed by atoms with Crippen molar-refractivity contribution in [2.75, 3.05) is 7.05 Å². The lowest BCUT2D eigenvalue weighted by Crippen LogP contribution is -2.33. The van der Waals surface area contributed by atoms with Crippen molar-refractivity contribution < 1.29 is 4.79 Å². The van der Waals surface area contributed by atoms with E-state index in [-0.39, 0.29) is 11.9 Å². The van der Waals surface area contributed by atoms with Gasteiger partial charge in [0, 0.05) is 25.0 Å². The van der Waals surface area contributed by atoms with Crippen molar-refractivity contribution >= 4 is 5.91 Å². The molecule has 0 aliphatic heterocycles. The molecule has 4 nitrogen and oxygen atoms in total. The number of aromatic amines is 1. The molecule has 1 atom stereocenters. The highest BCUT2D eigenvalue weighted by molar-refractivity contribution is 6.00. The van der Waals surface area contributed by atoms with Gasteiger partial charge in [0.25, 0.3) is 5.91 Å². The maximum absolute atomic E-state index is 13.3. The second kappa shape index (κ2) is 6.55. The van der Waals surface area contributed by atoms with E-state index in [0.29, 0.717) is 5.56 Å². The third-order valence-electron chi connectivity index (χ3n) is 5.04. The average Bonchev–Trinajstić information content (AvgIpc) is 3.21. The molecule has 1 N–H and O–H groups in total. The normalized spacial score (nSPS) is 16.3. The Morgan fingerprint density at radius 2 is 1.96 bits per heavy atom. The van der Waals surface area contributed by atoms with E-state index in [1.165, 1.54) is 11.1 Å². The lowest BCUT2D eigenvalue weighted by molar-refractivity contribution is 0.0716. The van der Waals surface area contributed by atoms with Gasteiger partial charge in [0.05, 0.1) is 11.6 Å². The van der Waals surface area contributed by atoms with Crippen LogP contribution in [0.2, 0.25) is 0 Å². The molecule has 1 aromatic heterocycles. The van der Waals surface area contributed by atoms with Crippen molar-refractivity contribution in [3.63, 3.8) is 0 Å². The van der Waals surface area contributed by atoms with E-state index in [0.717, 1.165) is 30.7 Å². The van der Waals surface area contributed by atoms with Crippen molar-refractivity contribution in [1.82, 2.24) is 14.9 Å². The first-order chi connectivity index (χ1) is 12.3. The molecule has 2 aromatic carbocycles. The Hall–Kier alpha value is -2.88. The molecular formula is C21H21N3O. The number of fused-ring (bicyclic) bond motifs is 1. The number of carbonyl (C=O) groups excluding carboxylic acids is 1. The van der Waals surface area contributed by atoms with E-state index in [9.17, 15) is 4.79 Å². The largest absolute Gasteiger partial charge is 0.345 e. The zero-order chi connectivity index (χ0) is 17.2. The summed E-state index contributed by atoms with van der Waals surface area (Å²) in [5.74, 6) is 0.759. The van der Waals surface area contributed by atoms with Crippen molar-refractivity contribution in [3.05, 3.63) is 77.6 Å². The number of rotatable bonds is 3. The van der Waals surface area contributed by atoms with Gasteiger partial charge in [-0.25, -0.2) is 4.98 Å². The minimum Gasteiger partial charge on any atom is -0.345 e. The van der Waals surface area contributed by atoms with Gasteiger partial charge >= 0.3 is 0 Å². The first kappa shape index (κ1) is 15.6. The smallest absolute Gasteiger partial charge is 0.254 e. The van der Waals surface area contributed by atoms with E-state index >= 15 is 0 Å². The highest BCUT2D eigenvalue weighted by Gasteiger charge is 2.28. The number of imidazole rings is 1. The number of nitrogens with one attached hydrogen (secondary N) is 1. The highest BCUT2D eigenvalue weighted by Crippen LogP contribution is 2.35. The van der Waals surface area contributed by atoms with Crippen LogP contribution in [0.4, 0.5) is 0 Å². The average molecular weight is 331 g/mol. The van der Waals surface area contributed by atoms with Crippen LogP contribution in [0.5, 0.6) is 0 Å². The van der Waals surface area contributed by atoms with E-state index in [1.54, 1.807) is 12.4 Å². The summed E-state index contributed by atoms with van der Waals surface area (Å²) in [6, 6.07) is 16.3. The summed E-state index contributed by atoms with van der Waals surface area (Å²) in [4.78, 5) is 22.6. The number of aromatic nitrogens is 2. The van der Waals surface area contributed by atoms with Gasteiger partial charge in [0.15, 0.2) is 0 Å². The third kappa shape index (κ3) is 2.84. The Bertz CT molecular complexity index is 886. The van der Waals surface area contributed by atoms with Crippen LogP contribution in [0.15, 0.2) is 60.9 Å². The summed E-state index contributed by atoms with van der Waals surface area (Å²) < 4.78 is 0. The topological polar surface area (TPSA) is 49.0 Å². The predicted molar refractivity (Wildman–Crippen MR) is 98.2 cm³/mol. The Kier molecular flexibility index (Phi) is 4.10. The molecule has 1 amide bonds. The van der Waals surface area contributed by atoms with Crippen molar-refractivity contribution in [2.24, 2.45) is 0 Å². The molecule has 0 bridgehead atoms. The van der Waals surface area contributed by atoms with Gasteiger partial charge in [0.2, 0.25) is 0 Å². The molecule has 0 saturated heterocycles. The molecule has 1 heterocycles. The molecule has 1 aliphatic carbocycles. The molecule has 0 saturated carbocycles. The summed E-state index contributed by atoms with van der Waals surface area (Å²) in [7, 11) is 1.91. The monoisotopic (exact) mass is 331 g/mol. The second-order valence-electron chi connectivity index (χ2n) is 6.51. The number of amides is 1. The number of benzene rings is 2. The molecule has 0 fully saturated rings. The maximum atomic E-state index is 13.3. The Labute approximate surface area is 147 Å². The van der Waals surface area contributed by atoms with Crippen LogP contribution in [0.1, 0.15) is 40.4 Å². The molecular weight excluding hydrogens is 310 g/mol.